The summed E-state index contributed by atoms with van der Waals surface area (Å²) in [4.78, 5) is 30.5. The van der Waals surface area contributed by atoms with Crippen LogP contribution in [0.4, 0.5) is 0 Å². The minimum atomic E-state index is -0.376. The van der Waals surface area contributed by atoms with Gasteiger partial charge in [-0.25, -0.2) is 0 Å². The van der Waals surface area contributed by atoms with E-state index in [0.29, 0.717) is 18.5 Å². The number of hydrogen-bond donors (Lipinski definition) is 1. The van der Waals surface area contributed by atoms with Gasteiger partial charge in [-0.3, -0.25) is 14.6 Å². The van der Waals surface area contributed by atoms with Crippen LogP contribution in [-0.4, -0.2) is 40.8 Å². The fourth-order valence-electron chi connectivity index (χ4n) is 3.01. The molecule has 0 spiro atoms. The standard InChI is InChI=1S/C18H18N4O2/c1-12-4-5-16-15(9-12)14(6-7-20-16)18(24)21-11-17(23)22-8-2-3-13(22)10-19/h4-7,9,13H,2-3,8,11H2,1H3,(H,21,24). The van der Waals surface area contributed by atoms with Crippen LogP contribution in [0.1, 0.15) is 28.8 Å². The molecule has 6 heteroatoms. The zero-order chi connectivity index (χ0) is 17.1. The molecule has 3 rings (SSSR count). The summed E-state index contributed by atoms with van der Waals surface area (Å²) in [5, 5.41) is 12.5. The number of nitrogens with zero attached hydrogens (tertiary/aromatic N) is 3. The van der Waals surface area contributed by atoms with E-state index in [-0.39, 0.29) is 24.4 Å². The number of pyridine rings is 1. The number of nitrogens with one attached hydrogen (secondary N) is 1. The largest absolute Gasteiger partial charge is 0.343 e. The van der Waals surface area contributed by atoms with Gasteiger partial charge < -0.3 is 10.2 Å². The molecule has 0 saturated carbocycles. The van der Waals surface area contributed by atoms with Gasteiger partial charge in [0.25, 0.3) is 5.91 Å². The van der Waals surface area contributed by atoms with Gasteiger partial charge in [0, 0.05) is 18.1 Å². The SMILES string of the molecule is Cc1ccc2nccc(C(=O)NCC(=O)N3CCCC3C#N)c2c1. The Morgan fingerprint density at radius 2 is 2.25 bits per heavy atom. The molecule has 2 heterocycles. The van der Waals surface area contributed by atoms with Crippen molar-refractivity contribution < 1.29 is 9.59 Å². The van der Waals surface area contributed by atoms with Crippen LogP contribution in [0.3, 0.4) is 0 Å². The van der Waals surface area contributed by atoms with E-state index in [4.69, 9.17) is 5.26 Å². The Hall–Kier alpha value is -2.94. The number of benzene rings is 1. The molecular formula is C18H18N4O2. The van der Waals surface area contributed by atoms with Gasteiger partial charge in [0.2, 0.25) is 5.91 Å². The number of likely N-dealkylation sites (tertiary alicyclic amines) is 1. The predicted octanol–water partition coefficient (Wildman–Crippen LogP) is 1.79. The Kier molecular flexibility index (Phi) is 4.43. The highest BCUT2D eigenvalue weighted by Crippen LogP contribution is 2.19. The highest BCUT2D eigenvalue weighted by molar-refractivity contribution is 6.07. The molecule has 24 heavy (non-hydrogen) atoms. The highest BCUT2D eigenvalue weighted by atomic mass is 16.2. The molecule has 1 saturated heterocycles. The maximum Gasteiger partial charge on any atom is 0.252 e. The Morgan fingerprint density at radius 1 is 1.42 bits per heavy atom. The molecule has 1 unspecified atom stereocenters. The molecule has 1 atom stereocenters. The summed E-state index contributed by atoms with van der Waals surface area (Å²) < 4.78 is 0. The minimum Gasteiger partial charge on any atom is -0.343 e. The number of carbonyl (C=O) groups is 2. The second kappa shape index (κ2) is 6.67. The fraction of sp³-hybridized carbons (Fsp3) is 0.333. The van der Waals surface area contributed by atoms with E-state index in [2.05, 4.69) is 16.4 Å². The van der Waals surface area contributed by atoms with E-state index in [9.17, 15) is 9.59 Å². The first-order valence-electron chi connectivity index (χ1n) is 7.93. The van der Waals surface area contributed by atoms with Crippen molar-refractivity contribution in [3.05, 3.63) is 41.6 Å². The fourth-order valence-corrected chi connectivity index (χ4v) is 3.01. The second-order valence-corrected chi connectivity index (χ2v) is 5.94. The third-order valence-electron chi connectivity index (χ3n) is 4.26. The molecule has 2 amide bonds. The van der Waals surface area contributed by atoms with Gasteiger partial charge in [0.1, 0.15) is 6.04 Å². The summed E-state index contributed by atoms with van der Waals surface area (Å²) in [7, 11) is 0. The maximum absolute atomic E-state index is 12.5. The van der Waals surface area contributed by atoms with Gasteiger partial charge in [-0.05, 0) is 38.0 Å². The number of aryl methyl sites for hydroxylation is 1. The van der Waals surface area contributed by atoms with Gasteiger partial charge >= 0.3 is 0 Å². The van der Waals surface area contributed by atoms with Crippen LogP contribution in [0.2, 0.25) is 0 Å². The molecule has 1 N–H and O–H groups in total. The number of fused-ring (bicyclic) bond motifs is 1. The molecular weight excluding hydrogens is 304 g/mol. The summed E-state index contributed by atoms with van der Waals surface area (Å²) in [6.45, 7) is 2.42. The van der Waals surface area contributed by atoms with E-state index in [1.54, 1.807) is 12.3 Å². The second-order valence-electron chi connectivity index (χ2n) is 5.94. The van der Waals surface area contributed by atoms with Crippen LogP contribution >= 0.6 is 0 Å². The third kappa shape index (κ3) is 3.06. The summed E-state index contributed by atoms with van der Waals surface area (Å²) in [5.74, 6) is -0.531. The van der Waals surface area contributed by atoms with Crippen LogP contribution in [0.25, 0.3) is 10.9 Å². The van der Waals surface area contributed by atoms with Crippen LogP contribution in [0, 0.1) is 18.3 Å². The normalized spacial score (nSPS) is 16.8. The lowest BCUT2D eigenvalue weighted by Gasteiger charge is -2.19. The van der Waals surface area contributed by atoms with Crippen LogP contribution in [0.5, 0.6) is 0 Å². The Balaban J connectivity index is 1.73. The van der Waals surface area contributed by atoms with Crippen LogP contribution in [0.15, 0.2) is 30.5 Å². The van der Waals surface area contributed by atoms with Crippen molar-refractivity contribution in [2.45, 2.75) is 25.8 Å². The lowest BCUT2D eigenvalue weighted by Crippen LogP contribution is -2.42. The van der Waals surface area contributed by atoms with Gasteiger partial charge in [0.15, 0.2) is 0 Å². The number of aromatic nitrogens is 1. The van der Waals surface area contributed by atoms with Gasteiger partial charge in [-0.15, -0.1) is 0 Å². The molecule has 1 aliphatic rings. The lowest BCUT2D eigenvalue weighted by molar-refractivity contribution is -0.130. The zero-order valence-electron chi connectivity index (χ0n) is 13.5. The predicted molar refractivity (Wildman–Crippen MR) is 89.2 cm³/mol. The van der Waals surface area contributed by atoms with Crippen molar-refractivity contribution in [2.24, 2.45) is 0 Å². The van der Waals surface area contributed by atoms with E-state index in [1.165, 1.54) is 4.90 Å². The number of rotatable bonds is 3. The molecule has 122 valence electrons. The zero-order valence-corrected chi connectivity index (χ0v) is 13.5. The smallest absolute Gasteiger partial charge is 0.252 e. The van der Waals surface area contributed by atoms with Gasteiger partial charge in [0.05, 0.1) is 23.7 Å². The van der Waals surface area contributed by atoms with E-state index in [1.807, 2.05) is 25.1 Å². The topological polar surface area (TPSA) is 86.1 Å². The molecule has 1 aliphatic heterocycles. The molecule has 1 aromatic carbocycles. The van der Waals surface area contributed by atoms with Crippen molar-refractivity contribution in [2.75, 3.05) is 13.1 Å². The van der Waals surface area contributed by atoms with Gasteiger partial charge in [-0.1, -0.05) is 11.6 Å². The number of carbonyl (C=O) groups excluding carboxylic acids is 2. The van der Waals surface area contributed by atoms with Crippen molar-refractivity contribution >= 4 is 22.7 Å². The number of nitriles is 1. The average Bonchev–Trinajstić information content (AvgIpc) is 3.07. The Labute approximate surface area is 140 Å². The summed E-state index contributed by atoms with van der Waals surface area (Å²) in [6.07, 6.45) is 3.11. The number of hydrogen-bond acceptors (Lipinski definition) is 4. The molecule has 6 nitrogen and oxygen atoms in total. The summed E-state index contributed by atoms with van der Waals surface area (Å²) in [6, 6.07) is 9.12. The average molecular weight is 322 g/mol. The first-order chi connectivity index (χ1) is 11.6. The van der Waals surface area contributed by atoms with E-state index in [0.717, 1.165) is 22.9 Å². The first-order valence-corrected chi connectivity index (χ1v) is 7.93. The van der Waals surface area contributed by atoms with Crippen molar-refractivity contribution in [3.63, 3.8) is 0 Å². The van der Waals surface area contributed by atoms with Crippen LogP contribution < -0.4 is 5.32 Å². The van der Waals surface area contributed by atoms with Gasteiger partial charge in [-0.2, -0.15) is 5.26 Å². The Morgan fingerprint density at radius 3 is 3.04 bits per heavy atom. The number of amides is 2. The Bertz CT molecular complexity index is 841. The van der Waals surface area contributed by atoms with Crippen molar-refractivity contribution in [1.29, 1.82) is 5.26 Å². The monoisotopic (exact) mass is 322 g/mol. The quantitative estimate of drug-likeness (QED) is 0.933. The molecule has 0 radical (unpaired) electrons. The molecule has 1 fully saturated rings. The first kappa shape index (κ1) is 15.9. The van der Waals surface area contributed by atoms with E-state index < -0.39 is 0 Å². The third-order valence-corrected chi connectivity index (χ3v) is 4.26. The molecule has 0 aliphatic carbocycles. The van der Waals surface area contributed by atoms with Crippen molar-refractivity contribution in [3.8, 4) is 6.07 Å². The van der Waals surface area contributed by atoms with Crippen LogP contribution in [-0.2, 0) is 4.79 Å². The molecule has 2 aromatic rings. The summed E-state index contributed by atoms with van der Waals surface area (Å²) >= 11 is 0. The van der Waals surface area contributed by atoms with E-state index >= 15 is 0 Å². The highest BCUT2D eigenvalue weighted by Gasteiger charge is 2.28. The molecule has 1 aromatic heterocycles. The summed E-state index contributed by atoms with van der Waals surface area (Å²) in [5.41, 5.74) is 2.27. The lowest BCUT2D eigenvalue weighted by atomic mass is 10.1. The van der Waals surface area contributed by atoms with Crippen molar-refractivity contribution in [1.82, 2.24) is 15.2 Å². The maximum atomic E-state index is 12.5. The minimum absolute atomic E-state index is 0.105. The molecule has 0 bridgehead atoms.